The zero-order valence-corrected chi connectivity index (χ0v) is 10.6. The molecular formula is C13H18N2O3. The summed E-state index contributed by atoms with van der Waals surface area (Å²) in [5, 5.41) is 13.8. The lowest BCUT2D eigenvalue weighted by atomic mass is 10.1. The van der Waals surface area contributed by atoms with Gasteiger partial charge in [-0.25, -0.2) is 9.59 Å². The largest absolute Gasteiger partial charge is 0.480 e. The van der Waals surface area contributed by atoms with E-state index in [0.717, 1.165) is 6.42 Å². The fourth-order valence-corrected chi connectivity index (χ4v) is 1.49. The normalized spacial score (nSPS) is 11.7. The molecule has 0 saturated heterocycles. The van der Waals surface area contributed by atoms with Crippen molar-refractivity contribution >= 4 is 17.7 Å². The van der Waals surface area contributed by atoms with Gasteiger partial charge in [-0.3, -0.25) is 0 Å². The molecule has 0 aliphatic heterocycles. The summed E-state index contributed by atoms with van der Waals surface area (Å²) in [6, 6.07) is 6.06. The molecule has 5 nitrogen and oxygen atoms in total. The van der Waals surface area contributed by atoms with Crippen LogP contribution in [0.3, 0.4) is 0 Å². The van der Waals surface area contributed by atoms with E-state index in [1.54, 1.807) is 19.1 Å². The summed E-state index contributed by atoms with van der Waals surface area (Å²) in [4.78, 5) is 22.3. The zero-order valence-electron chi connectivity index (χ0n) is 10.6. The van der Waals surface area contributed by atoms with Crippen molar-refractivity contribution in [2.24, 2.45) is 0 Å². The van der Waals surface area contributed by atoms with Crippen LogP contribution in [0.25, 0.3) is 0 Å². The number of urea groups is 1. The quantitative estimate of drug-likeness (QED) is 0.749. The molecule has 0 fully saturated rings. The maximum absolute atomic E-state index is 11.6. The third-order valence-electron chi connectivity index (χ3n) is 2.63. The summed E-state index contributed by atoms with van der Waals surface area (Å²) >= 11 is 0. The number of carboxylic acids is 1. The lowest BCUT2D eigenvalue weighted by Crippen LogP contribution is -2.42. The number of rotatable bonds is 5. The van der Waals surface area contributed by atoms with Crippen molar-refractivity contribution in [1.82, 2.24) is 5.32 Å². The van der Waals surface area contributed by atoms with Crippen molar-refractivity contribution in [3.05, 3.63) is 29.8 Å². The predicted molar refractivity (Wildman–Crippen MR) is 69.7 cm³/mol. The van der Waals surface area contributed by atoms with Gasteiger partial charge in [-0.2, -0.15) is 0 Å². The van der Waals surface area contributed by atoms with E-state index in [0.29, 0.717) is 12.1 Å². The highest BCUT2D eigenvalue weighted by Gasteiger charge is 2.17. The Hall–Kier alpha value is -2.04. The van der Waals surface area contributed by atoms with E-state index in [2.05, 4.69) is 10.6 Å². The Bertz CT molecular complexity index is 415. The van der Waals surface area contributed by atoms with Crippen molar-refractivity contribution in [1.29, 1.82) is 0 Å². The van der Waals surface area contributed by atoms with E-state index in [1.165, 1.54) is 5.56 Å². The molecule has 1 atom stereocenters. The molecule has 5 heteroatoms. The van der Waals surface area contributed by atoms with Gasteiger partial charge >= 0.3 is 12.0 Å². The second-order valence-electron chi connectivity index (χ2n) is 3.95. The number of anilines is 1. The van der Waals surface area contributed by atoms with Gasteiger partial charge in [0.2, 0.25) is 0 Å². The van der Waals surface area contributed by atoms with Crippen LogP contribution >= 0.6 is 0 Å². The Kier molecular flexibility index (Phi) is 5.17. The first-order chi connectivity index (χ1) is 8.56. The maximum atomic E-state index is 11.6. The standard InChI is InChI=1S/C13H18N2O3/c1-3-9-5-7-10(8-6-9)14-13(18)15-11(4-2)12(16)17/h5-8,11H,3-4H2,1-2H3,(H,16,17)(H2,14,15,18). The maximum Gasteiger partial charge on any atom is 0.326 e. The fraction of sp³-hybridized carbons (Fsp3) is 0.385. The van der Waals surface area contributed by atoms with Gasteiger partial charge in [-0.05, 0) is 30.5 Å². The van der Waals surface area contributed by atoms with Crippen molar-refractivity contribution in [2.45, 2.75) is 32.7 Å². The molecule has 1 aromatic carbocycles. The van der Waals surface area contributed by atoms with Gasteiger partial charge in [0, 0.05) is 5.69 Å². The van der Waals surface area contributed by atoms with E-state index in [-0.39, 0.29) is 0 Å². The summed E-state index contributed by atoms with van der Waals surface area (Å²) in [5.74, 6) is -1.03. The van der Waals surface area contributed by atoms with Gasteiger partial charge in [0.1, 0.15) is 6.04 Å². The van der Waals surface area contributed by atoms with Crippen LogP contribution < -0.4 is 10.6 Å². The molecule has 0 saturated carbocycles. The first-order valence-electron chi connectivity index (χ1n) is 5.96. The smallest absolute Gasteiger partial charge is 0.326 e. The van der Waals surface area contributed by atoms with Crippen LogP contribution in [0.5, 0.6) is 0 Å². The average molecular weight is 250 g/mol. The van der Waals surface area contributed by atoms with Crippen molar-refractivity contribution in [3.8, 4) is 0 Å². The van der Waals surface area contributed by atoms with Gasteiger partial charge in [0.05, 0.1) is 0 Å². The molecule has 0 radical (unpaired) electrons. The Morgan fingerprint density at radius 1 is 1.22 bits per heavy atom. The third-order valence-corrected chi connectivity index (χ3v) is 2.63. The number of aryl methyl sites for hydroxylation is 1. The molecule has 0 aromatic heterocycles. The summed E-state index contributed by atoms with van der Waals surface area (Å²) in [5.41, 5.74) is 1.82. The molecule has 1 aromatic rings. The monoisotopic (exact) mass is 250 g/mol. The minimum absolute atomic E-state index is 0.345. The van der Waals surface area contributed by atoms with Crippen LogP contribution in [0.1, 0.15) is 25.8 Å². The van der Waals surface area contributed by atoms with Crippen LogP contribution in [0, 0.1) is 0 Å². The number of hydrogen-bond donors (Lipinski definition) is 3. The van der Waals surface area contributed by atoms with Gasteiger partial charge in [-0.1, -0.05) is 26.0 Å². The number of amides is 2. The van der Waals surface area contributed by atoms with E-state index >= 15 is 0 Å². The van der Waals surface area contributed by atoms with Crippen molar-refractivity contribution in [3.63, 3.8) is 0 Å². The molecule has 1 rings (SSSR count). The van der Waals surface area contributed by atoms with Crippen LogP contribution in [-0.4, -0.2) is 23.1 Å². The molecule has 1 unspecified atom stereocenters. The van der Waals surface area contributed by atoms with Gasteiger partial charge in [0.25, 0.3) is 0 Å². The molecule has 18 heavy (non-hydrogen) atoms. The number of carbonyl (C=O) groups excluding carboxylic acids is 1. The minimum atomic E-state index is -1.03. The highest BCUT2D eigenvalue weighted by molar-refractivity contribution is 5.92. The molecule has 98 valence electrons. The molecular weight excluding hydrogens is 232 g/mol. The summed E-state index contributed by atoms with van der Waals surface area (Å²) in [7, 11) is 0. The van der Waals surface area contributed by atoms with Crippen LogP contribution in [0.15, 0.2) is 24.3 Å². The number of hydrogen-bond acceptors (Lipinski definition) is 2. The number of nitrogens with one attached hydrogen (secondary N) is 2. The average Bonchev–Trinajstić information content (AvgIpc) is 2.36. The number of carboxylic acid groups (broad SMARTS) is 1. The molecule has 0 spiro atoms. The van der Waals surface area contributed by atoms with Gasteiger partial charge < -0.3 is 15.7 Å². The molecule has 2 amide bonds. The lowest BCUT2D eigenvalue weighted by Gasteiger charge is -2.13. The number of aliphatic carboxylic acids is 1. The van der Waals surface area contributed by atoms with E-state index in [1.807, 2.05) is 19.1 Å². The Morgan fingerprint density at radius 2 is 1.83 bits per heavy atom. The van der Waals surface area contributed by atoms with Gasteiger partial charge in [-0.15, -0.1) is 0 Å². The molecule has 0 aliphatic rings. The number of benzene rings is 1. The second-order valence-corrected chi connectivity index (χ2v) is 3.95. The fourth-order valence-electron chi connectivity index (χ4n) is 1.49. The predicted octanol–water partition coefficient (Wildman–Crippen LogP) is 2.23. The Balaban J connectivity index is 2.55. The van der Waals surface area contributed by atoms with Gasteiger partial charge in [0.15, 0.2) is 0 Å². The molecule has 0 heterocycles. The molecule has 0 aliphatic carbocycles. The summed E-state index contributed by atoms with van der Waals surface area (Å²) < 4.78 is 0. The first kappa shape index (κ1) is 14.0. The van der Waals surface area contributed by atoms with Crippen LogP contribution in [0.4, 0.5) is 10.5 Å². The first-order valence-corrected chi connectivity index (χ1v) is 5.96. The van der Waals surface area contributed by atoms with Crippen LogP contribution in [0.2, 0.25) is 0 Å². The van der Waals surface area contributed by atoms with Crippen molar-refractivity contribution < 1.29 is 14.7 Å². The lowest BCUT2D eigenvalue weighted by molar-refractivity contribution is -0.139. The third kappa shape index (κ3) is 4.08. The van der Waals surface area contributed by atoms with Crippen molar-refractivity contribution in [2.75, 3.05) is 5.32 Å². The van der Waals surface area contributed by atoms with Crippen LogP contribution in [-0.2, 0) is 11.2 Å². The SMILES string of the molecule is CCc1ccc(NC(=O)NC(CC)C(=O)O)cc1. The highest BCUT2D eigenvalue weighted by atomic mass is 16.4. The Labute approximate surface area is 106 Å². The Morgan fingerprint density at radius 3 is 2.28 bits per heavy atom. The van der Waals surface area contributed by atoms with E-state index in [9.17, 15) is 9.59 Å². The molecule has 0 bridgehead atoms. The summed E-state index contributed by atoms with van der Waals surface area (Å²) in [6.45, 7) is 3.75. The summed E-state index contributed by atoms with van der Waals surface area (Å²) in [6.07, 6.45) is 1.28. The zero-order chi connectivity index (χ0) is 13.5. The molecule has 3 N–H and O–H groups in total. The van der Waals surface area contributed by atoms with E-state index in [4.69, 9.17) is 5.11 Å². The highest BCUT2D eigenvalue weighted by Crippen LogP contribution is 2.09. The second kappa shape index (κ2) is 6.64. The van der Waals surface area contributed by atoms with E-state index < -0.39 is 18.0 Å². The topological polar surface area (TPSA) is 78.4 Å². The minimum Gasteiger partial charge on any atom is -0.480 e. The number of carbonyl (C=O) groups is 2.